The summed E-state index contributed by atoms with van der Waals surface area (Å²) in [5.41, 5.74) is 1.66. The molecule has 0 aromatic heterocycles. The summed E-state index contributed by atoms with van der Waals surface area (Å²) < 4.78 is 0. The van der Waals surface area contributed by atoms with Crippen LogP contribution in [0.5, 0.6) is 0 Å². The summed E-state index contributed by atoms with van der Waals surface area (Å²) in [6, 6.07) is 7.52. The lowest BCUT2D eigenvalue weighted by molar-refractivity contribution is 0.449. The van der Waals surface area contributed by atoms with E-state index in [-0.39, 0.29) is 0 Å². The van der Waals surface area contributed by atoms with Gasteiger partial charge in [0.1, 0.15) is 0 Å². The van der Waals surface area contributed by atoms with Gasteiger partial charge in [0.25, 0.3) is 0 Å². The van der Waals surface area contributed by atoms with E-state index in [0.29, 0.717) is 10.6 Å². The van der Waals surface area contributed by atoms with Crippen molar-refractivity contribution in [3.05, 3.63) is 34.3 Å². The summed E-state index contributed by atoms with van der Waals surface area (Å²) >= 11 is 6.10. The van der Waals surface area contributed by atoms with Crippen LogP contribution in [0.15, 0.2) is 18.2 Å². The van der Waals surface area contributed by atoms with Gasteiger partial charge in [-0.1, -0.05) is 44.4 Å². The van der Waals surface area contributed by atoms with Gasteiger partial charge in [0, 0.05) is 11.6 Å². The Morgan fingerprint density at radius 3 is 2.59 bits per heavy atom. The van der Waals surface area contributed by atoms with Crippen LogP contribution < -0.4 is 5.32 Å². The molecule has 2 nitrogen and oxygen atoms in total. The molecule has 1 aromatic carbocycles. The predicted octanol–water partition coefficient (Wildman–Crippen LogP) is 3.74. The second-order valence-corrected chi connectivity index (χ2v) is 4.64. The molecule has 0 saturated heterocycles. The summed E-state index contributed by atoms with van der Waals surface area (Å²) in [6.45, 7) is 6.21. The van der Waals surface area contributed by atoms with Crippen LogP contribution in [0.25, 0.3) is 0 Å². The van der Waals surface area contributed by atoms with Crippen molar-refractivity contribution in [1.29, 1.82) is 5.26 Å². The van der Waals surface area contributed by atoms with Crippen LogP contribution in [0.4, 0.5) is 0 Å². The highest BCUT2D eigenvalue weighted by molar-refractivity contribution is 6.31. The first-order valence-corrected chi connectivity index (χ1v) is 6.48. The van der Waals surface area contributed by atoms with Crippen LogP contribution in [0.3, 0.4) is 0 Å². The number of halogens is 1. The number of hydrogen-bond acceptors (Lipinski definition) is 2. The molecule has 17 heavy (non-hydrogen) atoms. The fourth-order valence-corrected chi connectivity index (χ4v) is 2.00. The largest absolute Gasteiger partial charge is 0.312 e. The molecule has 0 heterocycles. The normalized spacial score (nSPS) is 10.5. The molecular weight excluding hydrogens is 232 g/mol. The first-order valence-electron chi connectivity index (χ1n) is 6.10. The van der Waals surface area contributed by atoms with Crippen LogP contribution >= 0.6 is 11.6 Å². The van der Waals surface area contributed by atoms with E-state index < -0.39 is 0 Å². The molecule has 0 atom stereocenters. The number of nitrogens with one attached hydrogen (secondary N) is 1. The summed E-state index contributed by atoms with van der Waals surface area (Å²) in [5, 5.41) is 12.8. The lowest BCUT2D eigenvalue weighted by Gasteiger charge is -2.13. The predicted molar refractivity (Wildman–Crippen MR) is 71.9 cm³/mol. The topological polar surface area (TPSA) is 35.8 Å². The second-order valence-electron chi connectivity index (χ2n) is 4.23. The van der Waals surface area contributed by atoms with E-state index in [4.69, 9.17) is 16.9 Å². The second kappa shape index (κ2) is 7.32. The number of benzene rings is 1. The number of nitrogens with zero attached hydrogens (tertiary/aromatic N) is 1. The number of hydrogen-bond donors (Lipinski definition) is 1. The summed E-state index contributed by atoms with van der Waals surface area (Å²) in [5.74, 6) is 0.729. The minimum atomic E-state index is 0.610. The van der Waals surface area contributed by atoms with Gasteiger partial charge in [-0.25, -0.2) is 0 Å². The van der Waals surface area contributed by atoms with Crippen LogP contribution in [0.2, 0.25) is 5.02 Å². The maximum Gasteiger partial charge on any atom is 0.0992 e. The third kappa shape index (κ3) is 4.38. The van der Waals surface area contributed by atoms with Crippen molar-refractivity contribution < 1.29 is 0 Å². The zero-order valence-electron chi connectivity index (χ0n) is 10.5. The van der Waals surface area contributed by atoms with Crippen molar-refractivity contribution in [2.24, 2.45) is 5.92 Å². The molecule has 0 fully saturated rings. The van der Waals surface area contributed by atoms with Crippen molar-refractivity contribution in [3.8, 4) is 6.07 Å². The average molecular weight is 251 g/mol. The zero-order chi connectivity index (χ0) is 12.7. The third-order valence-electron chi connectivity index (χ3n) is 3.09. The molecule has 0 spiro atoms. The van der Waals surface area contributed by atoms with Gasteiger partial charge in [0.05, 0.1) is 11.6 Å². The summed E-state index contributed by atoms with van der Waals surface area (Å²) in [4.78, 5) is 0. The molecule has 0 saturated carbocycles. The smallest absolute Gasteiger partial charge is 0.0992 e. The number of rotatable bonds is 6. The maximum absolute atomic E-state index is 8.74. The Hall–Kier alpha value is -1.04. The molecule has 0 aliphatic carbocycles. The Bertz CT molecular complexity index is 392. The molecule has 0 bridgehead atoms. The van der Waals surface area contributed by atoms with Gasteiger partial charge >= 0.3 is 0 Å². The van der Waals surface area contributed by atoms with Crippen LogP contribution in [-0.4, -0.2) is 6.54 Å². The molecule has 92 valence electrons. The summed E-state index contributed by atoms with van der Waals surface area (Å²) in [7, 11) is 0. The fourth-order valence-electron chi connectivity index (χ4n) is 1.75. The lowest BCUT2D eigenvalue weighted by Crippen LogP contribution is -2.21. The van der Waals surface area contributed by atoms with E-state index in [2.05, 4.69) is 25.2 Å². The summed E-state index contributed by atoms with van der Waals surface area (Å²) in [6.07, 6.45) is 2.40. The SMILES string of the molecule is CCC(CC)CNCc1ccc(C#N)cc1Cl. The quantitative estimate of drug-likeness (QED) is 0.835. The fraction of sp³-hybridized carbons (Fsp3) is 0.500. The van der Waals surface area contributed by atoms with Crippen molar-refractivity contribution in [2.75, 3.05) is 6.54 Å². The van der Waals surface area contributed by atoms with Crippen LogP contribution in [0, 0.1) is 17.2 Å². The van der Waals surface area contributed by atoms with Crippen molar-refractivity contribution in [3.63, 3.8) is 0 Å². The minimum Gasteiger partial charge on any atom is -0.312 e. The van der Waals surface area contributed by atoms with Gasteiger partial charge < -0.3 is 5.32 Å². The first kappa shape index (κ1) is 14.0. The Morgan fingerprint density at radius 1 is 1.35 bits per heavy atom. The van der Waals surface area contributed by atoms with Gasteiger partial charge in [-0.3, -0.25) is 0 Å². The van der Waals surface area contributed by atoms with E-state index in [1.807, 2.05) is 6.07 Å². The zero-order valence-corrected chi connectivity index (χ0v) is 11.2. The molecule has 1 aromatic rings. The molecular formula is C14H19ClN2. The molecule has 0 aliphatic rings. The Balaban J connectivity index is 2.50. The van der Waals surface area contributed by atoms with Gasteiger partial charge in [0.2, 0.25) is 0 Å². The highest BCUT2D eigenvalue weighted by Crippen LogP contribution is 2.17. The highest BCUT2D eigenvalue weighted by Gasteiger charge is 2.04. The van der Waals surface area contributed by atoms with Crippen LogP contribution in [0.1, 0.15) is 37.8 Å². The first-order chi connectivity index (χ1) is 8.21. The van der Waals surface area contributed by atoms with E-state index in [9.17, 15) is 0 Å². The van der Waals surface area contributed by atoms with E-state index >= 15 is 0 Å². The van der Waals surface area contributed by atoms with Gasteiger partial charge in [-0.05, 0) is 30.2 Å². The van der Waals surface area contributed by atoms with E-state index in [0.717, 1.165) is 24.6 Å². The maximum atomic E-state index is 8.74. The Morgan fingerprint density at radius 2 is 2.06 bits per heavy atom. The van der Waals surface area contributed by atoms with Crippen LogP contribution in [-0.2, 0) is 6.54 Å². The Labute approximate surface area is 109 Å². The average Bonchev–Trinajstić information content (AvgIpc) is 2.36. The molecule has 1 N–H and O–H groups in total. The molecule has 0 radical (unpaired) electrons. The van der Waals surface area contributed by atoms with Gasteiger partial charge in [0.15, 0.2) is 0 Å². The van der Waals surface area contributed by atoms with Gasteiger partial charge in [-0.15, -0.1) is 0 Å². The number of nitriles is 1. The van der Waals surface area contributed by atoms with E-state index in [1.54, 1.807) is 12.1 Å². The minimum absolute atomic E-state index is 0.610. The monoisotopic (exact) mass is 250 g/mol. The van der Waals surface area contributed by atoms with E-state index in [1.165, 1.54) is 12.8 Å². The van der Waals surface area contributed by atoms with Crippen molar-refractivity contribution in [2.45, 2.75) is 33.2 Å². The van der Waals surface area contributed by atoms with Gasteiger partial charge in [-0.2, -0.15) is 5.26 Å². The standard InChI is InChI=1S/C14H19ClN2/c1-3-11(4-2)9-17-10-13-6-5-12(8-16)7-14(13)15/h5-7,11,17H,3-4,9-10H2,1-2H3. The molecule has 0 amide bonds. The van der Waals surface area contributed by atoms with Crippen molar-refractivity contribution >= 4 is 11.6 Å². The van der Waals surface area contributed by atoms with Crippen molar-refractivity contribution in [1.82, 2.24) is 5.32 Å². The molecule has 0 aliphatic heterocycles. The molecule has 3 heteroatoms. The Kier molecular flexibility index (Phi) is 6.04. The third-order valence-corrected chi connectivity index (χ3v) is 3.44. The molecule has 1 rings (SSSR count). The lowest BCUT2D eigenvalue weighted by atomic mass is 10.0. The molecule has 0 unspecified atom stereocenters. The highest BCUT2D eigenvalue weighted by atomic mass is 35.5.